The molecule has 0 fully saturated rings. The van der Waals surface area contributed by atoms with Gasteiger partial charge in [0.05, 0.1) is 0 Å². The predicted octanol–water partition coefficient (Wildman–Crippen LogP) is 2.80. The maximum absolute atomic E-state index is 3.40. The van der Waals surface area contributed by atoms with Gasteiger partial charge in [-0.15, -0.1) is 0 Å². The van der Waals surface area contributed by atoms with E-state index in [0.29, 0.717) is 0 Å². The highest BCUT2D eigenvalue weighted by atomic mass is 79.9. The van der Waals surface area contributed by atoms with Crippen molar-refractivity contribution >= 4 is 21.6 Å². The molecule has 0 saturated carbocycles. The summed E-state index contributed by atoms with van der Waals surface area (Å²) in [4.78, 5) is 0. The quantitative estimate of drug-likeness (QED) is 0.734. The first-order valence-electron chi connectivity index (χ1n) is 3.18. The topological polar surface area (TPSA) is 12.0 Å². The summed E-state index contributed by atoms with van der Waals surface area (Å²) in [6.07, 6.45) is 0. The fraction of sp³-hybridized carbons (Fsp3) is 0.250. The van der Waals surface area contributed by atoms with Crippen LogP contribution in [0.15, 0.2) is 22.7 Å². The zero-order valence-electron chi connectivity index (χ0n) is 6.11. The van der Waals surface area contributed by atoms with Crippen LogP contribution in [0.2, 0.25) is 0 Å². The van der Waals surface area contributed by atoms with E-state index in [4.69, 9.17) is 0 Å². The monoisotopic (exact) mass is 199 g/mol. The van der Waals surface area contributed by atoms with E-state index in [2.05, 4.69) is 40.3 Å². The van der Waals surface area contributed by atoms with E-state index in [1.807, 2.05) is 13.1 Å². The van der Waals surface area contributed by atoms with E-state index in [1.165, 1.54) is 11.3 Å². The molecule has 1 N–H and O–H groups in total. The van der Waals surface area contributed by atoms with Gasteiger partial charge >= 0.3 is 0 Å². The number of anilines is 1. The Morgan fingerprint density at radius 3 is 2.60 bits per heavy atom. The van der Waals surface area contributed by atoms with Crippen LogP contribution in [-0.2, 0) is 0 Å². The average Bonchev–Trinajstić information content (AvgIpc) is 1.88. The van der Waals surface area contributed by atoms with E-state index >= 15 is 0 Å². The summed E-state index contributed by atoms with van der Waals surface area (Å²) in [6.45, 7) is 2.08. The van der Waals surface area contributed by atoms with Gasteiger partial charge in [0.15, 0.2) is 0 Å². The first-order valence-corrected chi connectivity index (χ1v) is 3.97. The normalized spacial score (nSPS) is 9.50. The minimum atomic E-state index is 1.13. The van der Waals surface area contributed by atoms with Gasteiger partial charge in [0.25, 0.3) is 0 Å². The van der Waals surface area contributed by atoms with E-state index in [9.17, 15) is 0 Å². The Morgan fingerprint density at radius 1 is 1.40 bits per heavy atom. The highest BCUT2D eigenvalue weighted by Gasteiger charge is 1.93. The van der Waals surface area contributed by atoms with Gasteiger partial charge in [0.2, 0.25) is 0 Å². The SMILES string of the molecule is CNc1ccc(Br)cc1C. The standard InChI is InChI=1S/C8H10BrN/c1-6-5-7(9)3-4-8(6)10-2/h3-5,10H,1-2H3. The molecule has 10 heavy (non-hydrogen) atoms. The molecule has 54 valence electrons. The van der Waals surface area contributed by atoms with Gasteiger partial charge in [-0.1, -0.05) is 15.9 Å². The number of nitrogens with one attached hydrogen (secondary N) is 1. The maximum Gasteiger partial charge on any atom is 0.0368 e. The molecule has 2 heteroatoms. The molecule has 0 unspecified atom stereocenters. The molecule has 0 aliphatic carbocycles. The number of hydrogen-bond acceptors (Lipinski definition) is 1. The largest absolute Gasteiger partial charge is 0.388 e. The van der Waals surface area contributed by atoms with Gasteiger partial charge in [0, 0.05) is 17.2 Å². The third kappa shape index (κ3) is 1.51. The van der Waals surface area contributed by atoms with Crippen LogP contribution >= 0.6 is 15.9 Å². The summed E-state index contributed by atoms with van der Waals surface area (Å²) in [5.41, 5.74) is 2.44. The second-order valence-electron chi connectivity index (χ2n) is 2.21. The fourth-order valence-electron chi connectivity index (χ4n) is 0.908. The van der Waals surface area contributed by atoms with Gasteiger partial charge in [-0.2, -0.15) is 0 Å². The van der Waals surface area contributed by atoms with Crippen molar-refractivity contribution in [3.05, 3.63) is 28.2 Å². The predicted molar refractivity (Wildman–Crippen MR) is 48.4 cm³/mol. The van der Waals surface area contributed by atoms with E-state index in [-0.39, 0.29) is 0 Å². The molecule has 0 radical (unpaired) electrons. The second-order valence-corrected chi connectivity index (χ2v) is 3.12. The van der Waals surface area contributed by atoms with E-state index in [1.54, 1.807) is 0 Å². The Kier molecular flexibility index (Phi) is 2.33. The van der Waals surface area contributed by atoms with Gasteiger partial charge in [-0.25, -0.2) is 0 Å². The first kappa shape index (κ1) is 7.61. The number of aryl methyl sites for hydroxylation is 1. The fourth-order valence-corrected chi connectivity index (χ4v) is 1.38. The van der Waals surface area contributed by atoms with E-state index in [0.717, 1.165) is 4.47 Å². The van der Waals surface area contributed by atoms with Crippen LogP contribution in [-0.4, -0.2) is 7.05 Å². The molecule has 0 aliphatic rings. The minimum Gasteiger partial charge on any atom is -0.388 e. The van der Waals surface area contributed by atoms with Gasteiger partial charge in [-0.3, -0.25) is 0 Å². The van der Waals surface area contributed by atoms with Crippen molar-refractivity contribution in [2.24, 2.45) is 0 Å². The number of hydrogen-bond donors (Lipinski definition) is 1. The molecule has 0 aliphatic heterocycles. The zero-order valence-corrected chi connectivity index (χ0v) is 7.70. The van der Waals surface area contributed by atoms with Crippen LogP contribution in [0, 0.1) is 6.92 Å². The lowest BCUT2D eigenvalue weighted by Crippen LogP contribution is -1.90. The van der Waals surface area contributed by atoms with Gasteiger partial charge < -0.3 is 5.32 Å². The number of halogens is 1. The summed E-state index contributed by atoms with van der Waals surface area (Å²) in [7, 11) is 1.93. The lowest BCUT2D eigenvalue weighted by molar-refractivity contribution is 1.39. The third-order valence-electron chi connectivity index (χ3n) is 1.46. The average molecular weight is 200 g/mol. The van der Waals surface area contributed by atoms with Gasteiger partial charge in [-0.05, 0) is 30.7 Å². The lowest BCUT2D eigenvalue weighted by Gasteiger charge is -2.03. The number of benzene rings is 1. The Hall–Kier alpha value is -0.500. The second kappa shape index (κ2) is 3.06. The van der Waals surface area contributed by atoms with Crippen LogP contribution in [0.25, 0.3) is 0 Å². The minimum absolute atomic E-state index is 1.13. The van der Waals surface area contributed by atoms with Crippen LogP contribution in [0.4, 0.5) is 5.69 Å². The van der Waals surface area contributed by atoms with Crippen LogP contribution in [0.5, 0.6) is 0 Å². The molecule has 1 aromatic rings. The molecule has 0 atom stereocenters. The Balaban J connectivity index is 3.07. The first-order chi connectivity index (χ1) is 4.74. The maximum atomic E-state index is 3.40. The van der Waals surface area contributed by atoms with Crippen molar-refractivity contribution in [1.29, 1.82) is 0 Å². The van der Waals surface area contributed by atoms with Crippen molar-refractivity contribution < 1.29 is 0 Å². The molecular weight excluding hydrogens is 190 g/mol. The summed E-state index contributed by atoms with van der Waals surface area (Å²) in [5.74, 6) is 0. The van der Waals surface area contributed by atoms with Crippen molar-refractivity contribution in [3.8, 4) is 0 Å². The van der Waals surface area contributed by atoms with E-state index < -0.39 is 0 Å². The van der Waals surface area contributed by atoms with Gasteiger partial charge in [0.1, 0.15) is 0 Å². The summed E-state index contributed by atoms with van der Waals surface area (Å²) >= 11 is 3.40. The molecule has 1 rings (SSSR count). The van der Waals surface area contributed by atoms with Crippen LogP contribution < -0.4 is 5.32 Å². The Bertz CT molecular complexity index is 233. The van der Waals surface area contributed by atoms with Crippen molar-refractivity contribution in [3.63, 3.8) is 0 Å². The smallest absolute Gasteiger partial charge is 0.0368 e. The van der Waals surface area contributed by atoms with Crippen molar-refractivity contribution in [2.75, 3.05) is 12.4 Å². The van der Waals surface area contributed by atoms with Crippen molar-refractivity contribution in [1.82, 2.24) is 0 Å². The zero-order chi connectivity index (χ0) is 7.56. The summed E-state index contributed by atoms with van der Waals surface area (Å²) < 4.78 is 1.13. The molecule has 0 heterocycles. The molecule has 0 aromatic heterocycles. The lowest BCUT2D eigenvalue weighted by atomic mass is 10.2. The molecule has 0 saturated heterocycles. The highest BCUT2D eigenvalue weighted by molar-refractivity contribution is 9.10. The third-order valence-corrected chi connectivity index (χ3v) is 1.95. The van der Waals surface area contributed by atoms with Crippen molar-refractivity contribution in [2.45, 2.75) is 6.92 Å². The molecule has 1 nitrogen and oxygen atoms in total. The molecule has 0 bridgehead atoms. The molecular formula is C8H10BrN. The Labute approximate surface area is 69.6 Å². The number of rotatable bonds is 1. The molecule has 0 amide bonds. The highest BCUT2D eigenvalue weighted by Crippen LogP contribution is 2.18. The van der Waals surface area contributed by atoms with Crippen LogP contribution in [0.3, 0.4) is 0 Å². The molecule has 0 spiro atoms. The Morgan fingerprint density at radius 2 is 2.10 bits per heavy atom. The summed E-state index contributed by atoms with van der Waals surface area (Å²) in [6, 6.07) is 6.17. The summed E-state index contributed by atoms with van der Waals surface area (Å²) in [5, 5.41) is 3.10. The molecule has 1 aromatic carbocycles. The van der Waals surface area contributed by atoms with Crippen LogP contribution in [0.1, 0.15) is 5.56 Å².